The molecule has 0 saturated carbocycles. The molecule has 1 aliphatic rings. The number of rotatable bonds is 3. The third-order valence-electron chi connectivity index (χ3n) is 3.53. The van der Waals surface area contributed by atoms with Gasteiger partial charge in [0.1, 0.15) is 5.75 Å². The smallest absolute Gasteiger partial charge is 0.310 e. The highest BCUT2D eigenvalue weighted by Gasteiger charge is 2.32. The van der Waals surface area contributed by atoms with Crippen molar-refractivity contribution >= 4 is 5.97 Å². The fraction of sp³-hybridized carbons (Fsp3) is 0.500. The van der Waals surface area contributed by atoms with Gasteiger partial charge in [-0.2, -0.15) is 0 Å². The van der Waals surface area contributed by atoms with E-state index in [-0.39, 0.29) is 17.8 Å². The summed E-state index contributed by atoms with van der Waals surface area (Å²) in [5.41, 5.74) is 1.17. The van der Waals surface area contributed by atoms with Crippen LogP contribution in [0.3, 0.4) is 0 Å². The maximum absolute atomic E-state index is 11.8. The molecule has 1 aromatic carbocycles. The topological polar surface area (TPSA) is 47.6 Å². The van der Waals surface area contributed by atoms with E-state index in [2.05, 4.69) is 5.32 Å². The average Bonchev–Trinajstić information content (AvgIpc) is 2.46. The standard InChI is InChI=1S/C14H19NO3/c1-17-11-5-3-10(4-6-11)12-7-8-15-9-13(12)14(16)18-2/h3-6,12-13,15H,7-9H2,1-2H3. The molecule has 4 heteroatoms. The number of piperidine rings is 1. The number of hydrogen-bond acceptors (Lipinski definition) is 4. The number of ether oxygens (including phenoxy) is 2. The maximum Gasteiger partial charge on any atom is 0.310 e. The molecule has 2 rings (SSSR count). The predicted molar refractivity (Wildman–Crippen MR) is 68.7 cm³/mol. The molecule has 18 heavy (non-hydrogen) atoms. The van der Waals surface area contributed by atoms with Gasteiger partial charge in [0.05, 0.1) is 20.1 Å². The van der Waals surface area contributed by atoms with Crippen molar-refractivity contribution in [2.45, 2.75) is 12.3 Å². The number of benzene rings is 1. The molecule has 0 radical (unpaired) electrons. The highest BCUT2D eigenvalue weighted by Crippen LogP contribution is 2.31. The lowest BCUT2D eigenvalue weighted by atomic mass is 9.81. The van der Waals surface area contributed by atoms with Gasteiger partial charge in [0.2, 0.25) is 0 Å². The average molecular weight is 249 g/mol. The second kappa shape index (κ2) is 5.87. The molecule has 0 aromatic heterocycles. The van der Waals surface area contributed by atoms with Crippen molar-refractivity contribution in [3.05, 3.63) is 29.8 Å². The number of carbonyl (C=O) groups is 1. The Morgan fingerprint density at radius 1 is 1.28 bits per heavy atom. The van der Waals surface area contributed by atoms with Crippen LogP contribution in [-0.2, 0) is 9.53 Å². The summed E-state index contributed by atoms with van der Waals surface area (Å²) in [5, 5.41) is 3.25. The van der Waals surface area contributed by atoms with E-state index in [0.29, 0.717) is 6.54 Å². The number of carbonyl (C=O) groups excluding carboxylic acids is 1. The molecule has 1 saturated heterocycles. The quantitative estimate of drug-likeness (QED) is 0.826. The Morgan fingerprint density at radius 2 is 2.00 bits per heavy atom. The van der Waals surface area contributed by atoms with Crippen LogP contribution in [0.2, 0.25) is 0 Å². The van der Waals surface area contributed by atoms with E-state index in [9.17, 15) is 4.79 Å². The first-order valence-corrected chi connectivity index (χ1v) is 6.18. The second-order valence-corrected chi connectivity index (χ2v) is 4.50. The highest BCUT2D eigenvalue weighted by molar-refractivity contribution is 5.74. The summed E-state index contributed by atoms with van der Waals surface area (Å²) in [6.45, 7) is 1.62. The van der Waals surface area contributed by atoms with Gasteiger partial charge in [-0.05, 0) is 36.6 Å². The molecular formula is C14H19NO3. The van der Waals surface area contributed by atoms with Gasteiger partial charge >= 0.3 is 5.97 Å². The Hall–Kier alpha value is -1.55. The molecule has 0 spiro atoms. The minimum atomic E-state index is -0.136. The third kappa shape index (κ3) is 2.64. The number of hydrogen-bond donors (Lipinski definition) is 1. The van der Waals surface area contributed by atoms with Crippen LogP contribution in [0.5, 0.6) is 5.75 Å². The zero-order valence-electron chi connectivity index (χ0n) is 10.8. The predicted octanol–water partition coefficient (Wildman–Crippen LogP) is 1.56. The van der Waals surface area contributed by atoms with E-state index in [1.54, 1.807) is 7.11 Å². The monoisotopic (exact) mass is 249 g/mol. The fourth-order valence-electron chi connectivity index (χ4n) is 2.51. The van der Waals surface area contributed by atoms with Crippen LogP contribution < -0.4 is 10.1 Å². The van der Waals surface area contributed by atoms with Gasteiger partial charge < -0.3 is 14.8 Å². The zero-order chi connectivity index (χ0) is 13.0. The van der Waals surface area contributed by atoms with Gasteiger partial charge in [0, 0.05) is 6.54 Å². The molecule has 4 nitrogen and oxygen atoms in total. The molecule has 1 fully saturated rings. The number of esters is 1. The van der Waals surface area contributed by atoms with Crippen molar-refractivity contribution in [1.29, 1.82) is 0 Å². The van der Waals surface area contributed by atoms with Crippen molar-refractivity contribution in [1.82, 2.24) is 5.32 Å². The number of methoxy groups -OCH3 is 2. The van der Waals surface area contributed by atoms with Crippen LogP contribution >= 0.6 is 0 Å². The Kier molecular flexibility index (Phi) is 4.20. The first-order chi connectivity index (χ1) is 8.76. The molecule has 1 aliphatic heterocycles. The van der Waals surface area contributed by atoms with Crippen LogP contribution in [0.1, 0.15) is 17.9 Å². The molecular weight excluding hydrogens is 230 g/mol. The molecule has 0 bridgehead atoms. The zero-order valence-corrected chi connectivity index (χ0v) is 10.8. The van der Waals surface area contributed by atoms with Gasteiger partial charge in [0.15, 0.2) is 0 Å². The lowest BCUT2D eigenvalue weighted by Crippen LogP contribution is -2.40. The van der Waals surface area contributed by atoms with E-state index in [1.807, 2.05) is 24.3 Å². The van der Waals surface area contributed by atoms with Crippen molar-refractivity contribution in [2.24, 2.45) is 5.92 Å². The summed E-state index contributed by atoms with van der Waals surface area (Å²) >= 11 is 0. The highest BCUT2D eigenvalue weighted by atomic mass is 16.5. The summed E-state index contributed by atoms with van der Waals surface area (Å²) in [5.74, 6) is 0.826. The summed E-state index contributed by atoms with van der Waals surface area (Å²) in [6.07, 6.45) is 0.950. The molecule has 2 unspecified atom stereocenters. The molecule has 1 N–H and O–H groups in total. The van der Waals surface area contributed by atoms with Gasteiger partial charge in [-0.3, -0.25) is 4.79 Å². The lowest BCUT2D eigenvalue weighted by molar-refractivity contribution is -0.146. The van der Waals surface area contributed by atoms with Gasteiger partial charge in [-0.1, -0.05) is 12.1 Å². The van der Waals surface area contributed by atoms with Crippen LogP contribution in [0.25, 0.3) is 0 Å². The minimum absolute atomic E-state index is 0.0999. The van der Waals surface area contributed by atoms with Gasteiger partial charge in [-0.25, -0.2) is 0 Å². The number of nitrogens with one attached hydrogen (secondary N) is 1. The Morgan fingerprint density at radius 3 is 2.61 bits per heavy atom. The van der Waals surface area contributed by atoms with Gasteiger partial charge in [-0.15, -0.1) is 0 Å². The van der Waals surface area contributed by atoms with Crippen LogP contribution in [-0.4, -0.2) is 33.3 Å². The van der Waals surface area contributed by atoms with Crippen molar-refractivity contribution in [3.63, 3.8) is 0 Å². The summed E-state index contributed by atoms with van der Waals surface area (Å²) in [4.78, 5) is 11.8. The van der Waals surface area contributed by atoms with Crippen LogP contribution in [0.4, 0.5) is 0 Å². The summed E-state index contributed by atoms with van der Waals surface area (Å²) < 4.78 is 10.0. The molecule has 1 aromatic rings. The molecule has 2 atom stereocenters. The van der Waals surface area contributed by atoms with E-state index >= 15 is 0 Å². The molecule has 0 aliphatic carbocycles. The molecule has 0 amide bonds. The first-order valence-electron chi connectivity index (χ1n) is 6.18. The minimum Gasteiger partial charge on any atom is -0.497 e. The maximum atomic E-state index is 11.8. The van der Waals surface area contributed by atoms with Crippen molar-refractivity contribution in [2.75, 3.05) is 27.3 Å². The SMILES string of the molecule is COC(=O)C1CNCCC1c1ccc(OC)cc1. The molecule has 1 heterocycles. The summed E-state index contributed by atoms with van der Waals surface area (Å²) in [6, 6.07) is 7.94. The van der Waals surface area contributed by atoms with Crippen LogP contribution in [0, 0.1) is 5.92 Å². The van der Waals surface area contributed by atoms with Crippen molar-refractivity contribution in [3.8, 4) is 5.75 Å². The Bertz CT molecular complexity index is 402. The third-order valence-corrected chi connectivity index (χ3v) is 3.53. The largest absolute Gasteiger partial charge is 0.497 e. The fourth-order valence-corrected chi connectivity index (χ4v) is 2.51. The Labute approximate surface area is 107 Å². The Balaban J connectivity index is 2.19. The van der Waals surface area contributed by atoms with Crippen LogP contribution in [0.15, 0.2) is 24.3 Å². The molecule has 98 valence electrons. The normalized spacial score (nSPS) is 23.4. The second-order valence-electron chi connectivity index (χ2n) is 4.50. The van der Waals surface area contributed by atoms with E-state index in [1.165, 1.54) is 12.7 Å². The van der Waals surface area contributed by atoms with Crippen molar-refractivity contribution < 1.29 is 14.3 Å². The van der Waals surface area contributed by atoms with E-state index in [4.69, 9.17) is 9.47 Å². The van der Waals surface area contributed by atoms with E-state index in [0.717, 1.165) is 18.7 Å². The summed E-state index contributed by atoms with van der Waals surface area (Å²) in [7, 11) is 3.10. The lowest BCUT2D eigenvalue weighted by Gasteiger charge is -2.30. The van der Waals surface area contributed by atoms with E-state index < -0.39 is 0 Å². The van der Waals surface area contributed by atoms with Gasteiger partial charge in [0.25, 0.3) is 0 Å². The first kappa shape index (κ1) is 12.9.